The second-order valence-electron chi connectivity index (χ2n) is 5.96. The Labute approximate surface area is 173 Å². The largest absolute Gasteiger partial charge is 0.326 e. The van der Waals surface area contributed by atoms with Gasteiger partial charge in [0.05, 0.1) is 22.0 Å². The van der Waals surface area contributed by atoms with Gasteiger partial charge >= 0.3 is 0 Å². The lowest BCUT2D eigenvalue weighted by Gasteiger charge is -2.11. The van der Waals surface area contributed by atoms with Gasteiger partial charge in [-0.1, -0.05) is 53.5 Å². The monoisotopic (exact) mass is 434 g/mol. The number of amides is 1. The molecule has 0 heterocycles. The van der Waals surface area contributed by atoms with Crippen LogP contribution in [-0.2, 0) is 21.2 Å². The van der Waals surface area contributed by atoms with Crippen molar-refractivity contribution in [3.05, 3.63) is 88.4 Å². The van der Waals surface area contributed by atoms with Gasteiger partial charge in [-0.3, -0.25) is 9.52 Å². The van der Waals surface area contributed by atoms with E-state index in [2.05, 4.69) is 10.0 Å². The number of nitrogens with one attached hydrogen (secondary N) is 2. The van der Waals surface area contributed by atoms with Crippen LogP contribution in [0.15, 0.2) is 77.7 Å². The molecule has 0 aromatic heterocycles. The van der Waals surface area contributed by atoms with Gasteiger partial charge in [-0.25, -0.2) is 8.42 Å². The van der Waals surface area contributed by atoms with Crippen molar-refractivity contribution in [2.75, 3.05) is 10.0 Å². The minimum Gasteiger partial charge on any atom is -0.326 e. The first-order valence-corrected chi connectivity index (χ1v) is 10.5. The minimum atomic E-state index is -3.86. The Morgan fingerprint density at radius 2 is 1.61 bits per heavy atom. The van der Waals surface area contributed by atoms with Crippen LogP contribution in [0.4, 0.5) is 11.4 Å². The van der Waals surface area contributed by atoms with Crippen LogP contribution in [0.3, 0.4) is 0 Å². The molecule has 144 valence electrons. The van der Waals surface area contributed by atoms with Gasteiger partial charge in [-0.05, 0) is 48.0 Å². The fraction of sp³-hybridized carbons (Fsp3) is 0.0500. The highest BCUT2D eigenvalue weighted by molar-refractivity contribution is 7.92. The summed E-state index contributed by atoms with van der Waals surface area (Å²) >= 11 is 11.8. The van der Waals surface area contributed by atoms with E-state index in [4.69, 9.17) is 23.2 Å². The van der Waals surface area contributed by atoms with Gasteiger partial charge in [0.15, 0.2) is 0 Å². The maximum absolute atomic E-state index is 12.6. The van der Waals surface area contributed by atoms with Gasteiger partial charge in [0, 0.05) is 10.7 Å². The Balaban J connectivity index is 1.73. The van der Waals surface area contributed by atoms with Crippen molar-refractivity contribution in [3.63, 3.8) is 0 Å². The average molecular weight is 435 g/mol. The summed E-state index contributed by atoms with van der Waals surface area (Å²) in [5.41, 5.74) is 1.45. The molecule has 0 unspecified atom stereocenters. The van der Waals surface area contributed by atoms with Crippen LogP contribution in [0.25, 0.3) is 0 Å². The Morgan fingerprint density at radius 1 is 0.893 bits per heavy atom. The van der Waals surface area contributed by atoms with Gasteiger partial charge in [0.2, 0.25) is 5.91 Å². The standard InChI is InChI=1S/C20H16Cl2N2O3S/c21-15-10-8-14(9-11-15)12-20(25)23-16-4-3-5-17(13-16)28(26,27)24-19-7-2-1-6-18(19)22/h1-11,13,24H,12H2,(H,23,25). The highest BCUT2D eigenvalue weighted by atomic mass is 35.5. The van der Waals surface area contributed by atoms with E-state index >= 15 is 0 Å². The molecule has 0 aliphatic carbocycles. The summed E-state index contributed by atoms with van der Waals surface area (Å²) in [6, 6.07) is 19.5. The summed E-state index contributed by atoms with van der Waals surface area (Å²) < 4.78 is 27.7. The molecule has 0 spiro atoms. The van der Waals surface area contributed by atoms with E-state index in [9.17, 15) is 13.2 Å². The average Bonchev–Trinajstić information content (AvgIpc) is 2.65. The summed E-state index contributed by atoms with van der Waals surface area (Å²) in [6.07, 6.45) is 0.145. The van der Waals surface area contributed by atoms with Gasteiger partial charge < -0.3 is 5.32 Å². The molecule has 3 rings (SSSR count). The van der Waals surface area contributed by atoms with Gasteiger partial charge in [-0.15, -0.1) is 0 Å². The number of hydrogen-bond acceptors (Lipinski definition) is 3. The van der Waals surface area contributed by atoms with Crippen molar-refractivity contribution >= 4 is 50.5 Å². The summed E-state index contributed by atoms with van der Waals surface area (Å²) in [5.74, 6) is -0.268. The highest BCUT2D eigenvalue weighted by Crippen LogP contribution is 2.25. The quantitative estimate of drug-likeness (QED) is 0.574. The molecule has 0 radical (unpaired) electrons. The lowest BCUT2D eigenvalue weighted by atomic mass is 10.1. The van der Waals surface area contributed by atoms with E-state index in [-0.39, 0.29) is 22.9 Å². The predicted octanol–water partition coefficient (Wildman–Crippen LogP) is 4.98. The first kappa shape index (κ1) is 20.2. The third-order valence-corrected chi connectivity index (χ3v) is 5.77. The normalized spacial score (nSPS) is 11.1. The van der Waals surface area contributed by atoms with Crippen molar-refractivity contribution in [2.24, 2.45) is 0 Å². The number of sulfonamides is 1. The molecule has 8 heteroatoms. The van der Waals surface area contributed by atoms with E-state index < -0.39 is 10.0 Å². The van der Waals surface area contributed by atoms with Crippen LogP contribution in [0.2, 0.25) is 10.0 Å². The van der Waals surface area contributed by atoms with Gasteiger partial charge in [-0.2, -0.15) is 0 Å². The molecule has 0 saturated carbocycles. The molecule has 3 aromatic rings. The van der Waals surface area contributed by atoms with E-state index in [0.717, 1.165) is 5.56 Å². The smallest absolute Gasteiger partial charge is 0.262 e. The second kappa shape index (κ2) is 8.65. The maximum atomic E-state index is 12.6. The number of hydrogen-bond donors (Lipinski definition) is 2. The first-order valence-electron chi connectivity index (χ1n) is 8.25. The van der Waals surface area contributed by atoms with Crippen molar-refractivity contribution in [2.45, 2.75) is 11.3 Å². The Hall–Kier alpha value is -2.54. The zero-order valence-electron chi connectivity index (χ0n) is 14.5. The third-order valence-electron chi connectivity index (χ3n) is 3.82. The fourth-order valence-corrected chi connectivity index (χ4v) is 3.97. The van der Waals surface area contributed by atoms with E-state index in [1.54, 1.807) is 60.7 Å². The first-order chi connectivity index (χ1) is 13.3. The summed E-state index contributed by atoms with van der Waals surface area (Å²) in [5, 5.41) is 3.58. The minimum absolute atomic E-state index is 0.0108. The SMILES string of the molecule is O=C(Cc1ccc(Cl)cc1)Nc1cccc(S(=O)(=O)Nc2ccccc2Cl)c1. The highest BCUT2D eigenvalue weighted by Gasteiger charge is 2.16. The van der Waals surface area contributed by atoms with Crippen LogP contribution >= 0.6 is 23.2 Å². The summed E-state index contributed by atoms with van der Waals surface area (Å²) in [4.78, 5) is 12.2. The molecule has 3 aromatic carbocycles. The van der Waals surface area contributed by atoms with Crippen molar-refractivity contribution in [3.8, 4) is 0 Å². The number of halogens is 2. The number of para-hydroxylation sites is 1. The van der Waals surface area contributed by atoms with Crippen LogP contribution in [0, 0.1) is 0 Å². The molecule has 0 bridgehead atoms. The Morgan fingerprint density at radius 3 is 2.32 bits per heavy atom. The zero-order valence-corrected chi connectivity index (χ0v) is 16.9. The van der Waals surface area contributed by atoms with Crippen LogP contribution in [0.5, 0.6) is 0 Å². The predicted molar refractivity (Wildman–Crippen MR) is 112 cm³/mol. The molecule has 0 atom stereocenters. The Kier molecular flexibility index (Phi) is 6.24. The molecule has 0 saturated heterocycles. The van der Waals surface area contributed by atoms with E-state index in [1.807, 2.05) is 0 Å². The topological polar surface area (TPSA) is 75.3 Å². The van der Waals surface area contributed by atoms with Crippen molar-refractivity contribution < 1.29 is 13.2 Å². The zero-order chi connectivity index (χ0) is 20.1. The van der Waals surface area contributed by atoms with Crippen LogP contribution in [-0.4, -0.2) is 14.3 Å². The third kappa shape index (κ3) is 5.25. The number of benzene rings is 3. The van der Waals surface area contributed by atoms with Crippen molar-refractivity contribution in [1.82, 2.24) is 0 Å². The van der Waals surface area contributed by atoms with Gasteiger partial charge in [0.1, 0.15) is 0 Å². The molecule has 28 heavy (non-hydrogen) atoms. The molecule has 0 aliphatic heterocycles. The Bertz CT molecular complexity index is 1100. The molecule has 1 amide bonds. The lowest BCUT2D eigenvalue weighted by molar-refractivity contribution is -0.115. The second-order valence-corrected chi connectivity index (χ2v) is 8.49. The maximum Gasteiger partial charge on any atom is 0.262 e. The van der Waals surface area contributed by atoms with Crippen LogP contribution in [0.1, 0.15) is 5.56 Å². The fourth-order valence-electron chi connectivity index (χ4n) is 2.48. The van der Waals surface area contributed by atoms with Crippen LogP contribution < -0.4 is 10.0 Å². The molecule has 0 aliphatic rings. The van der Waals surface area contributed by atoms with E-state index in [1.165, 1.54) is 12.1 Å². The molecule has 2 N–H and O–H groups in total. The lowest BCUT2D eigenvalue weighted by Crippen LogP contribution is -2.16. The molecular formula is C20H16Cl2N2O3S. The summed E-state index contributed by atoms with van der Waals surface area (Å²) in [7, 11) is -3.86. The number of anilines is 2. The number of carbonyl (C=O) groups is 1. The number of carbonyl (C=O) groups excluding carboxylic acids is 1. The number of rotatable bonds is 6. The molecule has 0 fully saturated rings. The summed E-state index contributed by atoms with van der Waals surface area (Å²) in [6.45, 7) is 0. The molecule has 5 nitrogen and oxygen atoms in total. The molecular weight excluding hydrogens is 419 g/mol. The van der Waals surface area contributed by atoms with E-state index in [0.29, 0.717) is 15.7 Å². The van der Waals surface area contributed by atoms with Gasteiger partial charge in [0.25, 0.3) is 10.0 Å². The van der Waals surface area contributed by atoms with Crippen molar-refractivity contribution in [1.29, 1.82) is 0 Å².